The Kier molecular flexibility index (Phi) is 4.87. The molecule has 0 aliphatic carbocycles. The summed E-state index contributed by atoms with van der Waals surface area (Å²) in [6.07, 6.45) is 0.220. The lowest BCUT2D eigenvalue weighted by atomic mass is 10.1. The number of carbonyl (C=O) groups excluding carboxylic acids is 1. The molecule has 130 valence electrons. The van der Waals surface area contributed by atoms with Gasteiger partial charge < -0.3 is 9.64 Å². The quantitative estimate of drug-likeness (QED) is 0.799. The van der Waals surface area contributed by atoms with Crippen LogP contribution in [0.15, 0.2) is 29.3 Å². The van der Waals surface area contributed by atoms with Crippen molar-refractivity contribution in [1.82, 2.24) is 4.90 Å². The van der Waals surface area contributed by atoms with Crippen molar-refractivity contribution < 1.29 is 17.9 Å². The van der Waals surface area contributed by atoms with Crippen LogP contribution in [0, 0.1) is 0 Å². The molecule has 8 heteroatoms. The lowest BCUT2D eigenvalue weighted by Gasteiger charge is -2.17. The standard InChI is InChI=1S/C16H20N2O4S2/c1-3-22-12-6-4-11(5-7-12)8-15(19)17-16-18(2)13-9-24(20,21)10-14(13)23-16/h4-7,13-14H,3,8-10H2,1-2H3/t13-,14-/m1/s1. The Balaban J connectivity index is 1.63. The van der Waals surface area contributed by atoms with Gasteiger partial charge in [-0.3, -0.25) is 4.79 Å². The van der Waals surface area contributed by atoms with Crippen LogP contribution >= 0.6 is 11.8 Å². The maximum Gasteiger partial charge on any atom is 0.252 e. The maximum atomic E-state index is 12.2. The number of hydrogen-bond donors (Lipinski definition) is 0. The van der Waals surface area contributed by atoms with Crippen LogP contribution in [0.25, 0.3) is 0 Å². The number of amides is 1. The maximum absolute atomic E-state index is 12.2. The van der Waals surface area contributed by atoms with Gasteiger partial charge in [0.1, 0.15) is 5.75 Å². The Bertz CT molecular complexity index is 759. The smallest absolute Gasteiger partial charge is 0.252 e. The van der Waals surface area contributed by atoms with Gasteiger partial charge in [-0.05, 0) is 24.6 Å². The third-order valence-electron chi connectivity index (χ3n) is 4.14. The fraction of sp³-hybridized carbons (Fsp3) is 0.500. The summed E-state index contributed by atoms with van der Waals surface area (Å²) >= 11 is 1.40. The minimum atomic E-state index is -2.96. The highest BCUT2D eigenvalue weighted by atomic mass is 32.2. The van der Waals surface area contributed by atoms with E-state index in [9.17, 15) is 13.2 Å². The summed E-state index contributed by atoms with van der Waals surface area (Å²) in [4.78, 5) is 18.2. The molecular weight excluding hydrogens is 348 g/mol. The molecule has 2 aliphatic rings. The van der Waals surface area contributed by atoms with Crippen molar-refractivity contribution in [2.24, 2.45) is 4.99 Å². The van der Waals surface area contributed by atoms with Crippen molar-refractivity contribution in [3.05, 3.63) is 29.8 Å². The average molecular weight is 368 g/mol. The molecule has 2 atom stereocenters. The number of rotatable bonds is 4. The first-order valence-corrected chi connectivity index (χ1v) is 10.5. The molecule has 0 saturated carbocycles. The summed E-state index contributed by atoms with van der Waals surface area (Å²) in [7, 11) is -1.16. The summed E-state index contributed by atoms with van der Waals surface area (Å²) in [5, 5.41) is 0.605. The lowest BCUT2D eigenvalue weighted by Crippen LogP contribution is -2.34. The number of amidine groups is 1. The summed E-state index contributed by atoms with van der Waals surface area (Å²) in [6.45, 7) is 2.53. The van der Waals surface area contributed by atoms with E-state index in [1.54, 1.807) is 0 Å². The van der Waals surface area contributed by atoms with E-state index in [2.05, 4.69) is 4.99 Å². The van der Waals surface area contributed by atoms with Crippen LogP contribution in [-0.4, -0.2) is 60.8 Å². The van der Waals surface area contributed by atoms with E-state index in [0.717, 1.165) is 11.3 Å². The fourth-order valence-electron chi connectivity index (χ4n) is 2.93. The molecule has 0 unspecified atom stereocenters. The van der Waals surface area contributed by atoms with E-state index < -0.39 is 9.84 Å². The summed E-state index contributed by atoms with van der Waals surface area (Å²) in [6, 6.07) is 7.32. The molecule has 1 aromatic carbocycles. The molecule has 2 heterocycles. The molecule has 0 bridgehead atoms. The monoisotopic (exact) mass is 368 g/mol. The number of sulfone groups is 1. The highest BCUT2D eigenvalue weighted by Crippen LogP contribution is 2.37. The van der Waals surface area contributed by atoms with Gasteiger partial charge in [0.25, 0.3) is 5.91 Å². The van der Waals surface area contributed by atoms with E-state index in [0.29, 0.717) is 11.8 Å². The zero-order valence-electron chi connectivity index (χ0n) is 13.6. The number of aliphatic imine (C=N–C) groups is 1. The second kappa shape index (κ2) is 6.76. The Morgan fingerprint density at radius 1 is 1.33 bits per heavy atom. The van der Waals surface area contributed by atoms with E-state index in [1.165, 1.54) is 11.8 Å². The van der Waals surface area contributed by atoms with Crippen molar-refractivity contribution in [3.63, 3.8) is 0 Å². The van der Waals surface area contributed by atoms with Crippen LogP contribution in [0.2, 0.25) is 0 Å². The Morgan fingerprint density at radius 3 is 2.67 bits per heavy atom. The molecule has 3 rings (SSSR count). The number of carbonyl (C=O) groups is 1. The van der Waals surface area contributed by atoms with Crippen molar-refractivity contribution in [1.29, 1.82) is 0 Å². The Labute approximate surface area is 146 Å². The van der Waals surface area contributed by atoms with Crippen LogP contribution < -0.4 is 4.74 Å². The molecule has 0 aromatic heterocycles. The van der Waals surface area contributed by atoms with Gasteiger partial charge in [0, 0.05) is 12.3 Å². The van der Waals surface area contributed by atoms with E-state index in [-0.39, 0.29) is 35.1 Å². The number of fused-ring (bicyclic) bond motifs is 1. The predicted octanol–water partition coefficient (Wildman–Crippen LogP) is 1.35. The van der Waals surface area contributed by atoms with Gasteiger partial charge in [0.2, 0.25) is 0 Å². The SMILES string of the molecule is CCOc1ccc(CC(=O)N=C2S[C@@H]3CS(=O)(=O)C[C@H]3N2C)cc1. The molecule has 0 N–H and O–H groups in total. The second-order valence-electron chi connectivity index (χ2n) is 5.95. The first kappa shape index (κ1) is 17.3. The highest BCUT2D eigenvalue weighted by molar-refractivity contribution is 8.15. The normalized spacial score (nSPS) is 26.6. The van der Waals surface area contributed by atoms with Crippen LogP contribution in [0.1, 0.15) is 12.5 Å². The third kappa shape index (κ3) is 3.75. The molecular formula is C16H20N2O4S2. The Hall–Kier alpha value is -1.54. The molecule has 24 heavy (non-hydrogen) atoms. The van der Waals surface area contributed by atoms with Crippen LogP contribution in [0.3, 0.4) is 0 Å². The van der Waals surface area contributed by atoms with Gasteiger partial charge in [0.15, 0.2) is 15.0 Å². The fourth-order valence-corrected chi connectivity index (χ4v) is 6.94. The van der Waals surface area contributed by atoms with Gasteiger partial charge in [0.05, 0.1) is 30.6 Å². The van der Waals surface area contributed by atoms with Gasteiger partial charge in [-0.2, -0.15) is 4.99 Å². The van der Waals surface area contributed by atoms with Crippen molar-refractivity contribution in [3.8, 4) is 5.75 Å². The zero-order valence-corrected chi connectivity index (χ0v) is 15.3. The number of hydrogen-bond acceptors (Lipinski definition) is 5. The summed E-state index contributed by atoms with van der Waals surface area (Å²) in [5.41, 5.74) is 0.876. The van der Waals surface area contributed by atoms with Crippen LogP contribution in [0.5, 0.6) is 5.75 Å². The van der Waals surface area contributed by atoms with Crippen molar-refractivity contribution in [2.75, 3.05) is 25.2 Å². The minimum absolute atomic E-state index is 0.0166. The predicted molar refractivity (Wildman–Crippen MR) is 95.3 cm³/mol. The average Bonchev–Trinajstić information content (AvgIpc) is 2.95. The highest BCUT2D eigenvalue weighted by Gasteiger charge is 2.47. The molecule has 2 fully saturated rings. The first-order chi connectivity index (χ1) is 11.4. The number of benzene rings is 1. The minimum Gasteiger partial charge on any atom is -0.494 e. The largest absolute Gasteiger partial charge is 0.494 e. The number of ether oxygens (including phenoxy) is 1. The molecule has 0 spiro atoms. The van der Waals surface area contributed by atoms with E-state index in [4.69, 9.17) is 4.74 Å². The second-order valence-corrected chi connectivity index (χ2v) is 9.31. The lowest BCUT2D eigenvalue weighted by molar-refractivity contribution is -0.117. The van der Waals surface area contributed by atoms with Gasteiger partial charge in [-0.15, -0.1) is 0 Å². The summed E-state index contributed by atoms with van der Waals surface area (Å²) in [5.74, 6) is 0.864. The molecule has 6 nitrogen and oxygen atoms in total. The zero-order chi connectivity index (χ0) is 17.3. The third-order valence-corrected chi connectivity index (χ3v) is 7.44. The van der Waals surface area contributed by atoms with Gasteiger partial charge >= 0.3 is 0 Å². The number of thioether (sulfide) groups is 1. The van der Waals surface area contributed by atoms with Gasteiger partial charge in [-0.1, -0.05) is 23.9 Å². The van der Waals surface area contributed by atoms with Crippen LogP contribution in [-0.2, 0) is 21.1 Å². The molecule has 1 amide bonds. The van der Waals surface area contributed by atoms with E-state index >= 15 is 0 Å². The molecule has 2 saturated heterocycles. The van der Waals surface area contributed by atoms with Gasteiger partial charge in [-0.25, -0.2) is 8.42 Å². The topological polar surface area (TPSA) is 76.0 Å². The summed E-state index contributed by atoms with van der Waals surface area (Å²) < 4.78 is 28.7. The number of nitrogens with zero attached hydrogens (tertiary/aromatic N) is 2. The van der Waals surface area contributed by atoms with E-state index in [1.807, 2.05) is 43.1 Å². The Morgan fingerprint density at radius 2 is 2.04 bits per heavy atom. The van der Waals surface area contributed by atoms with Crippen LogP contribution in [0.4, 0.5) is 0 Å². The molecule has 2 aliphatic heterocycles. The first-order valence-electron chi connectivity index (χ1n) is 7.81. The molecule has 1 aromatic rings. The molecule has 0 radical (unpaired) electrons. The van der Waals surface area contributed by atoms with Crippen molar-refractivity contribution in [2.45, 2.75) is 24.6 Å². The van der Waals surface area contributed by atoms with Crippen molar-refractivity contribution >= 4 is 32.7 Å².